The number of allylic oxidation sites excluding steroid dienone is 2. The zero-order chi connectivity index (χ0) is 20.8. The lowest BCUT2D eigenvalue weighted by atomic mass is 9.85. The van der Waals surface area contributed by atoms with Gasteiger partial charge in [-0.15, -0.1) is 0 Å². The van der Waals surface area contributed by atoms with Gasteiger partial charge in [-0.3, -0.25) is 19.3 Å². The molecule has 1 saturated carbocycles. The van der Waals surface area contributed by atoms with Crippen LogP contribution in [-0.2, 0) is 14.4 Å². The number of carbonyl (C=O) groups excluding carboxylic acids is 3. The van der Waals surface area contributed by atoms with E-state index in [0.29, 0.717) is 16.3 Å². The fourth-order valence-electron chi connectivity index (χ4n) is 5.21. The molecule has 1 saturated heterocycles. The Kier molecular flexibility index (Phi) is 4.70. The number of likely N-dealkylation sites (tertiary alicyclic amines) is 1. The number of fused-ring (bicyclic) bond motifs is 5. The average Bonchev–Trinajstić information content (AvgIpc) is 3.41. The van der Waals surface area contributed by atoms with Crippen LogP contribution in [0, 0.1) is 23.7 Å². The monoisotopic (exact) mass is 420 g/mol. The Bertz CT molecular complexity index is 1020. The highest BCUT2D eigenvalue weighted by Crippen LogP contribution is 2.54. The van der Waals surface area contributed by atoms with Crippen molar-refractivity contribution in [3.8, 4) is 0 Å². The zero-order valence-corrected chi connectivity index (χ0v) is 17.0. The van der Waals surface area contributed by atoms with E-state index in [1.165, 1.54) is 4.90 Å². The Balaban J connectivity index is 1.45. The van der Waals surface area contributed by atoms with E-state index in [2.05, 4.69) is 17.5 Å². The van der Waals surface area contributed by atoms with E-state index in [0.717, 1.165) is 6.42 Å². The summed E-state index contributed by atoms with van der Waals surface area (Å²) in [5, 5.41) is 3.36. The number of imide groups is 1. The second-order valence-corrected chi connectivity index (χ2v) is 8.67. The first kappa shape index (κ1) is 19.1. The highest BCUT2D eigenvalue weighted by Gasteiger charge is 2.60. The molecule has 3 amide bonds. The summed E-state index contributed by atoms with van der Waals surface area (Å²) in [5.74, 6) is -0.944. The van der Waals surface area contributed by atoms with Crippen LogP contribution in [0.15, 0.2) is 66.7 Å². The van der Waals surface area contributed by atoms with E-state index in [9.17, 15) is 14.4 Å². The standard InChI is InChI=1S/C24H21ClN2O3/c25-17-6-4-5-14(12-17)19(13-20(28)26-18-7-2-1-3-8-18)27-23(29)21-15-9-10-16(11-15)22(21)24(27)30/h1-10,12,15-16,19,21-22H,11,13H2,(H,26,28). The predicted molar refractivity (Wildman–Crippen MR) is 113 cm³/mol. The first-order valence-corrected chi connectivity index (χ1v) is 10.6. The van der Waals surface area contributed by atoms with Crippen molar-refractivity contribution in [3.05, 3.63) is 77.3 Å². The van der Waals surface area contributed by atoms with Gasteiger partial charge in [0.2, 0.25) is 17.7 Å². The number of anilines is 1. The molecule has 0 radical (unpaired) electrons. The van der Waals surface area contributed by atoms with Gasteiger partial charge in [-0.25, -0.2) is 0 Å². The molecule has 5 atom stereocenters. The summed E-state index contributed by atoms with van der Waals surface area (Å²) in [7, 11) is 0. The molecule has 2 fully saturated rings. The maximum atomic E-state index is 13.3. The van der Waals surface area contributed by atoms with Crippen molar-refractivity contribution >= 4 is 35.0 Å². The van der Waals surface area contributed by atoms with Crippen molar-refractivity contribution in [1.29, 1.82) is 0 Å². The molecule has 1 aliphatic heterocycles. The Morgan fingerprint density at radius 3 is 2.30 bits per heavy atom. The summed E-state index contributed by atoms with van der Waals surface area (Å²) in [6.07, 6.45) is 4.99. The van der Waals surface area contributed by atoms with Crippen molar-refractivity contribution < 1.29 is 14.4 Å². The van der Waals surface area contributed by atoms with Gasteiger partial charge in [-0.1, -0.05) is 54.1 Å². The topological polar surface area (TPSA) is 66.5 Å². The highest BCUT2D eigenvalue weighted by atomic mass is 35.5. The number of carbonyl (C=O) groups is 3. The molecule has 5 rings (SSSR count). The third kappa shape index (κ3) is 3.14. The minimum absolute atomic E-state index is 0.0189. The summed E-state index contributed by atoms with van der Waals surface area (Å²) in [4.78, 5) is 40.8. The number of nitrogens with zero attached hydrogens (tertiary/aromatic N) is 1. The summed E-state index contributed by atoms with van der Waals surface area (Å²) in [6, 6.07) is 15.5. The van der Waals surface area contributed by atoms with Crippen LogP contribution in [0.1, 0.15) is 24.4 Å². The van der Waals surface area contributed by atoms with Gasteiger partial charge < -0.3 is 5.32 Å². The van der Waals surface area contributed by atoms with Crippen LogP contribution in [-0.4, -0.2) is 22.6 Å². The molecule has 0 spiro atoms. The van der Waals surface area contributed by atoms with Gasteiger partial charge in [-0.05, 0) is 48.1 Å². The van der Waals surface area contributed by atoms with Gasteiger partial charge in [0, 0.05) is 10.7 Å². The van der Waals surface area contributed by atoms with E-state index >= 15 is 0 Å². The molecule has 30 heavy (non-hydrogen) atoms. The number of hydrogen-bond acceptors (Lipinski definition) is 3. The quantitative estimate of drug-likeness (QED) is 0.581. The van der Waals surface area contributed by atoms with Gasteiger partial charge >= 0.3 is 0 Å². The maximum absolute atomic E-state index is 13.3. The van der Waals surface area contributed by atoms with E-state index < -0.39 is 6.04 Å². The van der Waals surface area contributed by atoms with E-state index in [1.54, 1.807) is 30.3 Å². The minimum atomic E-state index is -0.683. The van der Waals surface area contributed by atoms with Gasteiger partial charge in [0.15, 0.2) is 0 Å². The molecule has 0 aromatic heterocycles. The molecule has 6 heteroatoms. The molecule has 152 valence electrons. The normalized spacial score (nSPS) is 27.4. The lowest BCUT2D eigenvalue weighted by molar-refractivity contribution is -0.144. The van der Waals surface area contributed by atoms with Gasteiger partial charge in [0.25, 0.3) is 0 Å². The smallest absolute Gasteiger partial charge is 0.234 e. The van der Waals surface area contributed by atoms with E-state index in [-0.39, 0.29) is 47.8 Å². The van der Waals surface area contributed by atoms with Crippen molar-refractivity contribution in [1.82, 2.24) is 4.90 Å². The molecule has 1 N–H and O–H groups in total. The minimum Gasteiger partial charge on any atom is -0.326 e. The summed E-state index contributed by atoms with van der Waals surface area (Å²) < 4.78 is 0. The third-order valence-electron chi connectivity index (χ3n) is 6.49. The predicted octanol–water partition coefficient (Wildman–Crippen LogP) is 4.22. The van der Waals surface area contributed by atoms with Crippen molar-refractivity contribution in [2.45, 2.75) is 18.9 Å². The molecular weight excluding hydrogens is 400 g/mol. The Morgan fingerprint density at radius 2 is 1.67 bits per heavy atom. The van der Waals surface area contributed by atoms with Crippen LogP contribution in [0.4, 0.5) is 5.69 Å². The molecule has 2 aromatic rings. The Labute approximate surface area is 179 Å². The number of benzene rings is 2. The van der Waals surface area contributed by atoms with Crippen LogP contribution < -0.4 is 5.32 Å². The Morgan fingerprint density at radius 1 is 1.00 bits per heavy atom. The molecule has 3 aliphatic rings. The summed E-state index contributed by atoms with van der Waals surface area (Å²) >= 11 is 6.19. The second-order valence-electron chi connectivity index (χ2n) is 8.24. The Hall–Kier alpha value is -2.92. The summed E-state index contributed by atoms with van der Waals surface area (Å²) in [6.45, 7) is 0. The van der Waals surface area contributed by atoms with Crippen LogP contribution in [0.25, 0.3) is 0 Å². The molecule has 1 heterocycles. The molecule has 5 nitrogen and oxygen atoms in total. The van der Waals surface area contributed by atoms with Crippen molar-refractivity contribution in [2.75, 3.05) is 5.32 Å². The first-order chi connectivity index (χ1) is 14.5. The van der Waals surface area contributed by atoms with E-state index in [4.69, 9.17) is 11.6 Å². The number of para-hydroxylation sites is 1. The van der Waals surface area contributed by atoms with Gasteiger partial charge in [0.1, 0.15) is 0 Å². The number of hydrogen-bond donors (Lipinski definition) is 1. The van der Waals surface area contributed by atoms with Gasteiger partial charge in [0.05, 0.1) is 24.3 Å². The van der Waals surface area contributed by atoms with Crippen molar-refractivity contribution in [2.24, 2.45) is 23.7 Å². The fourth-order valence-corrected chi connectivity index (χ4v) is 5.41. The number of nitrogens with one attached hydrogen (secondary N) is 1. The third-order valence-corrected chi connectivity index (χ3v) is 6.72. The lowest BCUT2D eigenvalue weighted by Gasteiger charge is -2.28. The van der Waals surface area contributed by atoms with Crippen molar-refractivity contribution in [3.63, 3.8) is 0 Å². The molecule has 2 aromatic carbocycles. The maximum Gasteiger partial charge on any atom is 0.234 e. The van der Waals surface area contributed by atoms with Crippen LogP contribution in [0.2, 0.25) is 5.02 Å². The average molecular weight is 421 g/mol. The number of halogens is 1. The second kappa shape index (κ2) is 7.40. The van der Waals surface area contributed by atoms with Crippen LogP contribution >= 0.6 is 11.6 Å². The highest BCUT2D eigenvalue weighted by molar-refractivity contribution is 6.30. The molecular formula is C24H21ClN2O3. The fraction of sp³-hybridized carbons (Fsp3) is 0.292. The molecule has 2 bridgehead atoms. The lowest BCUT2D eigenvalue weighted by Crippen LogP contribution is -2.38. The van der Waals surface area contributed by atoms with E-state index in [1.807, 2.05) is 24.3 Å². The summed E-state index contributed by atoms with van der Waals surface area (Å²) in [5.41, 5.74) is 1.36. The largest absolute Gasteiger partial charge is 0.326 e. The number of amides is 3. The first-order valence-electron chi connectivity index (χ1n) is 10.2. The van der Waals surface area contributed by atoms with Gasteiger partial charge in [-0.2, -0.15) is 0 Å². The number of rotatable bonds is 5. The zero-order valence-electron chi connectivity index (χ0n) is 16.2. The SMILES string of the molecule is O=C(CC(c1cccc(Cl)c1)N1C(=O)C2C3C=CC(C3)C2C1=O)Nc1ccccc1. The van der Waals surface area contributed by atoms with Crippen LogP contribution in [0.3, 0.4) is 0 Å². The molecule has 5 unspecified atom stereocenters. The van der Waals surface area contributed by atoms with Crippen LogP contribution in [0.5, 0.6) is 0 Å². The molecule has 2 aliphatic carbocycles.